The summed E-state index contributed by atoms with van der Waals surface area (Å²) in [6, 6.07) is 0. The number of nitrogens with two attached hydrogens (primary N) is 1. The number of carboxylic acid groups (broad SMARTS) is 2. The fraction of sp³-hybridized carbons (Fsp3) is 0.800. The van der Waals surface area contributed by atoms with Gasteiger partial charge in [0.2, 0.25) is 0 Å². The first kappa shape index (κ1) is 13.9. The lowest BCUT2D eigenvalue weighted by Gasteiger charge is -2.26. The van der Waals surface area contributed by atoms with Gasteiger partial charge in [0.15, 0.2) is 0 Å². The Hall–Kier alpha value is -1.10. The third-order valence-electron chi connectivity index (χ3n) is 2.71. The largest absolute Gasteiger partial charge is 0.481 e. The van der Waals surface area contributed by atoms with Gasteiger partial charge in [-0.05, 0) is 25.8 Å². The molecule has 4 N–H and O–H groups in total. The summed E-state index contributed by atoms with van der Waals surface area (Å²) in [4.78, 5) is 21.6. The number of carboxylic acids is 2. The van der Waals surface area contributed by atoms with Crippen molar-refractivity contribution in [3.05, 3.63) is 0 Å². The molecule has 2 atom stereocenters. The first-order valence-corrected chi connectivity index (χ1v) is 5.01. The van der Waals surface area contributed by atoms with Crippen molar-refractivity contribution in [2.75, 3.05) is 6.54 Å². The first-order valence-electron chi connectivity index (χ1n) is 5.01. The van der Waals surface area contributed by atoms with Gasteiger partial charge in [0.05, 0.1) is 11.8 Å². The third-order valence-corrected chi connectivity index (χ3v) is 2.71. The molecule has 5 nitrogen and oxygen atoms in total. The molecule has 0 rings (SSSR count). The van der Waals surface area contributed by atoms with E-state index >= 15 is 0 Å². The highest BCUT2D eigenvalue weighted by atomic mass is 16.4. The van der Waals surface area contributed by atoms with Crippen molar-refractivity contribution in [1.29, 1.82) is 0 Å². The molecule has 15 heavy (non-hydrogen) atoms. The van der Waals surface area contributed by atoms with Gasteiger partial charge in [0.25, 0.3) is 0 Å². The molecule has 0 saturated heterocycles. The molecule has 0 bridgehead atoms. The summed E-state index contributed by atoms with van der Waals surface area (Å²) < 4.78 is 0. The second kappa shape index (κ2) is 5.70. The maximum atomic E-state index is 11.0. The Morgan fingerprint density at radius 2 is 1.93 bits per heavy atom. The second-order valence-electron chi connectivity index (χ2n) is 4.15. The normalized spacial score (nSPS) is 16.7. The Kier molecular flexibility index (Phi) is 5.28. The maximum absolute atomic E-state index is 11.0. The maximum Gasteiger partial charge on any atom is 0.309 e. The van der Waals surface area contributed by atoms with E-state index in [0.717, 1.165) is 6.42 Å². The Balaban J connectivity index is 4.64. The highest BCUT2D eigenvalue weighted by Crippen LogP contribution is 2.31. The van der Waals surface area contributed by atoms with Gasteiger partial charge in [-0.3, -0.25) is 9.59 Å². The van der Waals surface area contributed by atoms with Crippen molar-refractivity contribution in [2.24, 2.45) is 17.1 Å². The molecular weight excluding hydrogens is 198 g/mol. The molecule has 0 aromatic carbocycles. The molecule has 0 aliphatic carbocycles. The molecule has 0 fully saturated rings. The molecule has 0 aliphatic heterocycles. The van der Waals surface area contributed by atoms with E-state index in [1.54, 1.807) is 0 Å². The molecule has 5 heteroatoms. The van der Waals surface area contributed by atoms with E-state index in [-0.39, 0.29) is 12.3 Å². The average molecular weight is 217 g/mol. The van der Waals surface area contributed by atoms with Gasteiger partial charge < -0.3 is 15.9 Å². The van der Waals surface area contributed by atoms with Crippen LogP contribution in [0.4, 0.5) is 0 Å². The van der Waals surface area contributed by atoms with E-state index in [4.69, 9.17) is 15.9 Å². The molecule has 88 valence electrons. The summed E-state index contributed by atoms with van der Waals surface area (Å²) in [7, 11) is 0. The minimum absolute atomic E-state index is 0.0606. The molecule has 0 aliphatic rings. The zero-order valence-corrected chi connectivity index (χ0v) is 9.19. The minimum atomic E-state index is -1.22. The molecule has 0 aromatic rings. The quantitative estimate of drug-likeness (QED) is 0.589. The number of rotatable bonds is 7. The summed E-state index contributed by atoms with van der Waals surface area (Å²) in [5, 5.41) is 17.7. The van der Waals surface area contributed by atoms with Crippen LogP contribution >= 0.6 is 0 Å². The summed E-state index contributed by atoms with van der Waals surface area (Å²) >= 11 is 0. The molecule has 0 aromatic heterocycles. The van der Waals surface area contributed by atoms with Crippen LogP contribution in [0.2, 0.25) is 0 Å². The lowest BCUT2D eigenvalue weighted by Crippen LogP contribution is -2.34. The van der Waals surface area contributed by atoms with Crippen LogP contribution in [-0.4, -0.2) is 28.7 Å². The number of hydrogen-bond donors (Lipinski definition) is 3. The summed E-state index contributed by atoms with van der Waals surface area (Å²) in [6.45, 7) is 3.77. The fourth-order valence-electron chi connectivity index (χ4n) is 1.60. The zero-order chi connectivity index (χ0) is 12.1. The number of carbonyl (C=O) groups is 2. The molecule has 0 heterocycles. The Morgan fingerprint density at radius 1 is 1.40 bits per heavy atom. The second-order valence-corrected chi connectivity index (χ2v) is 4.15. The predicted molar refractivity (Wildman–Crippen MR) is 55.4 cm³/mol. The van der Waals surface area contributed by atoms with Gasteiger partial charge in [0.1, 0.15) is 0 Å². The van der Waals surface area contributed by atoms with E-state index in [0.29, 0.717) is 13.0 Å². The van der Waals surface area contributed by atoms with Crippen molar-refractivity contribution >= 4 is 11.9 Å². The summed E-state index contributed by atoms with van der Waals surface area (Å²) in [6.07, 6.45) is 0.708. The minimum Gasteiger partial charge on any atom is -0.481 e. The molecule has 0 spiro atoms. The average Bonchev–Trinajstić information content (AvgIpc) is 2.12. The number of aliphatic carboxylic acids is 2. The topological polar surface area (TPSA) is 101 Å². The SMILES string of the molecule is CCC(CN)CC(C)(CC(=O)O)C(=O)O. The van der Waals surface area contributed by atoms with Gasteiger partial charge in [-0.15, -0.1) is 0 Å². The monoisotopic (exact) mass is 217 g/mol. The molecule has 0 saturated carbocycles. The van der Waals surface area contributed by atoms with Gasteiger partial charge in [-0.2, -0.15) is 0 Å². The first-order chi connectivity index (χ1) is 6.85. The zero-order valence-electron chi connectivity index (χ0n) is 9.19. The third kappa shape index (κ3) is 4.29. The van der Waals surface area contributed by atoms with Crippen molar-refractivity contribution in [2.45, 2.75) is 33.1 Å². The predicted octanol–water partition coefficient (Wildman–Crippen LogP) is 0.927. The Morgan fingerprint density at radius 3 is 2.20 bits per heavy atom. The van der Waals surface area contributed by atoms with Crippen molar-refractivity contribution < 1.29 is 19.8 Å². The van der Waals surface area contributed by atoms with Crippen LogP contribution < -0.4 is 5.73 Å². The van der Waals surface area contributed by atoms with Gasteiger partial charge in [-0.1, -0.05) is 13.3 Å². The van der Waals surface area contributed by atoms with Crippen LogP contribution in [0.25, 0.3) is 0 Å². The van der Waals surface area contributed by atoms with E-state index in [2.05, 4.69) is 0 Å². The van der Waals surface area contributed by atoms with Crippen molar-refractivity contribution in [3.63, 3.8) is 0 Å². The standard InChI is InChI=1S/C10H19NO4/c1-3-7(6-11)4-10(2,9(14)15)5-8(12)13/h7H,3-6,11H2,1-2H3,(H,12,13)(H,14,15). The van der Waals surface area contributed by atoms with Crippen LogP contribution in [0, 0.1) is 11.3 Å². The van der Waals surface area contributed by atoms with E-state index in [9.17, 15) is 9.59 Å². The lowest BCUT2D eigenvalue weighted by atomic mass is 9.77. The van der Waals surface area contributed by atoms with Gasteiger partial charge in [0, 0.05) is 0 Å². The summed E-state index contributed by atoms with van der Waals surface area (Å²) in [5.41, 5.74) is 4.26. The van der Waals surface area contributed by atoms with Crippen LogP contribution in [-0.2, 0) is 9.59 Å². The highest BCUT2D eigenvalue weighted by molar-refractivity contribution is 5.81. The van der Waals surface area contributed by atoms with Gasteiger partial charge in [-0.25, -0.2) is 0 Å². The molecule has 0 amide bonds. The Labute approximate surface area is 89.3 Å². The molecular formula is C10H19NO4. The molecule has 2 unspecified atom stereocenters. The van der Waals surface area contributed by atoms with Crippen molar-refractivity contribution in [1.82, 2.24) is 0 Å². The lowest BCUT2D eigenvalue weighted by molar-refractivity contribution is -0.155. The fourth-order valence-corrected chi connectivity index (χ4v) is 1.60. The van der Waals surface area contributed by atoms with Crippen LogP contribution in [0.1, 0.15) is 33.1 Å². The van der Waals surface area contributed by atoms with Crippen molar-refractivity contribution in [3.8, 4) is 0 Å². The number of hydrogen-bond acceptors (Lipinski definition) is 3. The van der Waals surface area contributed by atoms with E-state index < -0.39 is 17.4 Å². The molecule has 0 radical (unpaired) electrons. The van der Waals surface area contributed by atoms with E-state index in [1.165, 1.54) is 6.92 Å². The summed E-state index contributed by atoms with van der Waals surface area (Å²) in [5.74, 6) is -2.10. The Bertz CT molecular complexity index is 238. The van der Waals surface area contributed by atoms with Crippen LogP contribution in [0.3, 0.4) is 0 Å². The smallest absolute Gasteiger partial charge is 0.309 e. The van der Waals surface area contributed by atoms with Gasteiger partial charge >= 0.3 is 11.9 Å². The van der Waals surface area contributed by atoms with E-state index in [1.807, 2.05) is 6.92 Å². The van der Waals surface area contributed by atoms with Crippen LogP contribution in [0.5, 0.6) is 0 Å². The highest BCUT2D eigenvalue weighted by Gasteiger charge is 2.37. The van der Waals surface area contributed by atoms with Crippen LogP contribution in [0.15, 0.2) is 0 Å².